The quantitative estimate of drug-likeness (QED) is 0.783. The number of nitrogens with zero attached hydrogens (tertiary/aromatic N) is 1. The van der Waals surface area contributed by atoms with Gasteiger partial charge in [0.1, 0.15) is 0 Å². The number of likely N-dealkylation sites (tertiary alicyclic amines) is 1. The van der Waals surface area contributed by atoms with Gasteiger partial charge in [0.15, 0.2) is 11.5 Å². The van der Waals surface area contributed by atoms with Crippen molar-refractivity contribution in [2.75, 3.05) is 33.9 Å². The summed E-state index contributed by atoms with van der Waals surface area (Å²) in [6, 6.07) is 6.51. The zero-order chi connectivity index (χ0) is 19.6. The van der Waals surface area contributed by atoms with Gasteiger partial charge in [0.25, 0.3) is 0 Å². The molecule has 1 aliphatic heterocycles. The second-order valence-corrected chi connectivity index (χ2v) is 7.14. The van der Waals surface area contributed by atoms with Gasteiger partial charge in [-0.1, -0.05) is 32.8 Å². The monoisotopic (exact) mass is 379 g/mol. The van der Waals surface area contributed by atoms with E-state index in [9.17, 15) is 5.11 Å². The van der Waals surface area contributed by atoms with Crippen molar-refractivity contribution in [2.45, 2.75) is 70.6 Å². The number of ether oxygens (including phenoxy) is 3. The normalized spacial score (nSPS) is 25.6. The number of methoxy groups -OCH3 is 2. The second kappa shape index (κ2) is 11.5. The molecule has 5 heteroatoms. The smallest absolute Gasteiger partial charge is 0.160 e. The van der Waals surface area contributed by atoms with Crippen LogP contribution in [0.5, 0.6) is 11.5 Å². The largest absolute Gasteiger partial charge is 0.493 e. The summed E-state index contributed by atoms with van der Waals surface area (Å²) in [6.45, 7) is 6.52. The summed E-state index contributed by atoms with van der Waals surface area (Å²) in [6.07, 6.45) is 6.73. The third kappa shape index (κ3) is 6.09. The molecule has 27 heavy (non-hydrogen) atoms. The molecule has 154 valence electrons. The molecule has 1 saturated heterocycles. The van der Waals surface area contributed by atoms with E-state index in [2.05, 4.69) is 11.0 Å². The SMILES string of the molecule is CC.COc1ccc(CCO[C@@H]2CCCC[C@H]2N2CC[C@@H](O)C2)cc1OC. The van der Waals surface area contributed by atoms with E-state index >= 15 is 0 Å². The summed E-state index contributed by atoms with van der Waals surface area (Å²) >= 11 is 0. The average Bonchev–Trinajstić information content (AvgIpc) is 3.16. The lowest BCUT2D eigenvalue weighted by atomic mass is 9.91. The fourth-order valence-electron chi connectivity index (χ4n) is 4.12. The maximum atomic E-state index is 9.83. The number of β-amino-alcohol motifs (C(OH)–C–C–N with tert-alkyl or cyclic N) is 1. The molecule has 1 saturated carbocycles. The molecule has 3 atom stereocenters. The van der Waals surface area contributed by atoms with Crippen LogP contribution in [0.15, 0.2) is 18.2 Å². The molecule has 0 aromatic heterocycles. The van der Waals surface area contributed by atoms with E-state index in [1.54, 1.807) is 14.2 Å². The van der Waals surface area contributed by atoms with Gasteiger partial charge in [0.2, 0.25) is 0 Å². The number of rotatable bonds is 7. The lowest BCUT2D eigenvalue weighted by molar-refractivity contribution is -0.0316. The Morgan fingerprint density at radius 2 is 1.78 bits per heavy atom. The number of hydrogen-bond acceptors (Lipinski definition) is 5. The van der Waals surface area contributed by atoms with Crippen LogP contribution >= 0.6 is 0 Å². The van der Waals surface area contributed by atoms with Crippen LogP contribution in [0.3, 0.4) is 0 Å². The summed E-state index contributed by atoms with van der Waals surface area (Å²) in [7, 11) is 3.31. The minimum atomic E-state index is -0.158. The Balaban J connectivity index is 0.00000126. The van der Waals surface area contributed by atoms with Crippen molar-refractivity contribution in [2.24, 2.45) is 0 Å². The maximum absolute atomic E-state index is 9.83. The van der Waals surface area contributed by atoms with Crippen molar-refractivity contribution in [1.82, 2.24) is 4.90 Å². The van der Waals surface area contributed by atoms with Crippen LogP contribution in [0.4, 0.5) is 0 Å². The van der Waals surface area contributed by atoms with E-state index in [0.29, 0.717) is 18.8 Å². The van der Waals surface area contributed by atoms with Crippen LogP contribution in [-0.4, -0.2) is 62.2 Å². The van der Waals surface area contributed by atoms with E-state index < -0.39 is 0 Å². The van der Waals surface area contributed by atoms with Crippen molar-refractivity contribution in [1.29, 1.82) is 0 Å². The highest BCUT2D eigenvalue weighted by Gasteiger charge is 2.34. The van der Waals surface area contributed by atoms with Crippen molar-refractivity contribution < 1.29 is 19.3 Å². The Labute approximate surface area is 164 Å². The molecule has 0 bridgehead atoms. The van der Waals surface area contributed by atoms with Gasteiger partial charge in [0.05, 0.1) is 33.0 Å². The number of aliphatic hydroxyl groups excluding tert-OH is 1. The van der Waals surface area contributed by atoms with Crippen LogP contribution in [0.2, 0.25) is 0 Å². The molecule has 2 fully saturated rings. The van der Waals surface area contributed by atoms with E-state index in [-0.39, 0.29) is 6.10 Å². The molecule has 3 rings (SSSR count). The molecule has 0 spiro atoms. The first-order chi connectivity index (χ1) is 13.2. The predicted octanol–water partition coefficient (Wildman–Crippen LogP) is 3.67. The summed E-state index contributed by atoms with van der Waals surface area (Å²) < 4.78 is 16.9. The Kier molecular flexibility index (Phi) is 9.39. The molecule has 1 aromatic carbocycles. The average molecular weight is 380 g/mol. The zero-order valence-electron chi connectivity index (χ0n) is 17.4. The van der Waals surface area contributed by atoms with Crippen LogP contribution in [0, 0.1) is 0 Å². The lowest BCUT2D eigenvalue weighted by Gasteiger charge is -2.37. The van der Waals surface area contributed by atoms with Gasteiger partial charge in [-0.05, 0) is 43.4 Å². The van der Waals surface area contributed by atoms with Crippen molar-refractivity contribution >= 4 is 0 Å². The highest BCUT2D eigenvalue weighted by Crippen LogP contribution is 2.30. The molecule has 0 unspecified atom stereocenters. The Morgan fingerprint density at radius 1 is 1.04 bits per heavy atom. The molecule has 5 nitrogen and oxygen atoms in total. The summed E-state index contributed by atoms with van der Waals surface area (Å²) in [5, 5.41) is 9.83. The van der Waals surface area contributed by atoms with Gasteiger partial charge in [-0.15, -0.1) is 0 Å². The Hall–Kier alpha value is -1.30. The third-order valence-electron chi connectivity index (χ3n) is 5.50. The molecular weight excluding hydrogens is 342 g/mol. The standard InChI is InChI=1S/C20H31NO4.C2H6/c1-23-19-8-7-15(13-20(19)24-2)10-12-25-18-6-4-3-5-17(18)21-11-9-16(22)14-21;1-2/h7-8,13,16-18,22H,3-6,9-12,14H2,1-2H3;1-2H3/t16-,17-,18-;/m1./s1. The first-order valence-corrected chi connectivity index (χ1v) is 10.5. The van der Waals surface area contributed by atoms with Gasteiger partial charge in [-0.3, -0.25) is 4.90 Å². The van der Waals surface area contributed by atoms with Crippen LogP contribution < -0.4 is 9.47 Å². The van der Waals surface area contributed by atoms with Crippen molar-refractivity contribution in [3.8, 4) is 11.5 Å². The minimum Gasteiger partial charge on any atom is -0.493 e. The molecular formula is C22H37NO4. The second-order valence-electron chi connectivity index (χ2n) is 7.14. The molecule has 1 N–H and O–H groups in total. The Morgan fingerprint density at radius 3 is 2.44 bits per heavy atom. The van der Waals surface area contributed by atoms with E-state index in [0.717, 1.165) is 43.9 Å². The number of benzene rings is 1. The minimum absolute atomic E-state index is 0.158. The maximum Gasteiger partial charge on any atom is 0.160 e. The first-order valence-electron chi connectivity index (χ1n) is 10.5. The first kappa shape index (κ1) is 22.0. The van der Waals surface area contributed by atoms with Gasteiger partial charge >= 0.3 is 0 Å². The van der Waals surface area contributed by atoms with Crippen LogP contribution in [-0.2, 0) is 11.2 Å². The van der Waals surface area contributed by atoms with Gasteiger partial charge < -0.3 is 19.3 Å². The van der Waals surface area contributed by atoms with Crippen LogP contribution in [0.25, 0.3) is 0 Å². The Bertz CT molecular complexity index is 551. The summed E-state index contributed by atoms with van der Waals surface area (Å²) in [5.74, 6) is 1.52. The topological polar surface area (TPSA) is 51.2 Å². The molecule has 0 radical (unpaired) electrons. The molecule has 1 aromatic rings. The third-order valence-corrected chi connectivity index (χ3v) is 5.50. The fourth-order valence-corrected chi connectivity index (χ4v) is 4.12. The molecule has 2 aliphatic rings. The van der Waals surface area contributed by atoms with E-state index in [1.807, 2.05) is 26.0 Å². The fraction of sp³-hybridized carbons (Fsp3) is 0.727. The zero-order valence-corrected chi connectivity index (χ0v) is 17.4. The summed E-state index contributed by atoms with van der Waals surface area (Å²) in [5.41, 5.74) is 1.20. The predicted molar refractivity (Wildman–Crippen MR) is 109 cm³/mol. The molecule has 0 amide bonds. The highest BCUT2D eigenvalue weighted by atomic mass is 16.5. The highest BCUT2D eigenvalue weighted by molar-refractivity contribution is 5.42. The molecule has 1 aliphatic carbocycles. The number of hydrogen-bond donors (Lipinski definition) is 1. The molecule has 1 heterocycles. The van der Waals surface area contributed by atoms with Gasteiger partial charge in [-0.2, -0.15) is 0 Å². The lowest BCUT2D eigenvalue weighted by Crippen LogP contribution is -2.46. The van der Waals surface area contributed by atoms with Gasteiger partial charge in [-0.25, -0.2) is 0 Å². The van der Waals surface area contributed by atoms with Gasteiger partial charge in [0, 0.05) is 19.1 Å². The van der Waals surface area contributed by atoms with Crippen molar-refractivity contribution in [3.63, 3.8) is 0 Å². The summed E-state index contributed by atoms with van der Waals surface area (Å²) in [4.78, 5) is 2.44. The number of aliphatic hydroxyl groups is 1. The van der Waals surface area contributed by atoms with Crippen molar-refractivity contribution in [3.05, 3.63) is 23.8 Å². The van der Waals surface area contributed by atoms with E-state index in [4.69, 9.17) is 14.2 Å². The van der Waals surface area contributed by atoms with E-state index in [1.165, 1.54) is 24.8 Å². The van der Waals surface area contributed by atoms with Crippen LogP contribution in [0.1, 0.15) is 51.5 Å².